The molecule has 0 radical (unpaired) electrons. The lowest BCUT2D eigenvalue weighted by Crippen LogP contribution is -2.52. The number of amides is 2. The molecule has 0 fully saturated rings. The second-order valence-electron chi connectivity index (χ2n) is 4.66. The number of carbonyl (C=O) groups excluding carboxylic acids is 3. The fourth-order valence-corrected chi connectivity index (χ4v) is 2.04. The van der Waals surface area contributed by atoms with Gasteiger partial charge in [-0.3, -0.25) is 9.59 Å². The Morgan fingerprint density at radius 3 is 2.40 bits per heavy atom. The van der Waals surface area contributed by atoms with Gasteiger partial charge in [-0.2, -0.15) is 11.8 Å². The molecule has 0 saturated heterocycles. The molecule has 0 aromatic rings. The number of aldehydes is 1. The average Bonchev–Trinajstić information content (AvgIpc) is 2.43. The highest BCUT2D eigenvalue weighted by molar-refractivity contribution is 7.98. The number of thioether (sulfide) groups is 1. The summed E-state index contributed by atoms with van der Waals surface area (Å²) in [5.74, 6) is 0.0691. The van der Waals surface area contributed by atoms with Crippen molar-refractivity contribution in [2.24, 2.45) is 5.73 Å². The predicted molar refractivity (Wildman–Crippen MR) is 81.5 cm³/mol. The first-order valence-electron chi connectivity index (χ1n) is 6.76. The summed E-state index contributed by atoms with van der Waals surface area (Å²) in [4.78, 5) is 34.4. The van der Waals surface area contributed by atoms with Crippen LogP contribution in [0.4, 0.5) is 0 Å². The van der Waals surface area contributed by atoms with Gasteiger partial charge in [-0.1, -0.05) is 13.3 Å². The zero-order valence-electron chi connectivity index (χ0n) is 12.3. The van der Waals surface area contributed by atoms with Crippen LogP contribution in [0.1, 0.15) is 33.1 Å². The molecular weight excluding hydrogens is 278 g/mol. The molecule has 2 amide bonds. The van der Waals surface area contributed by atoms with Gasteiger partial charge in [-0.15, -0.1) is 0 Å². The van der Waals surface area contributed by atoms with Crippen molar-refractivity contribution in [2.75, 3.05) is 12.0 Å². The van der Waals surface area contributed by atoms with Gasteiger partial charge in [-0.25, -0.2) is 0 Å². The van der Waals surface area contributed by atoms with E-state index < -0.39 is 18.1 Å². The summed E-state index contributed by atoms with van der Waals surface area (Å²) in [6, 6.07) is -1.82. The molecule has 0 aliphatic rings. The van der Waals surface area contributed by atoms with Gasteiger partial charge >= 0.3 is 0 Å². The van der Waals surface area contributed by atoms with E-state index in [1.807, 2.05) is 13.2 Å². The van der Waals surface area contributed by atoms with Crippen LogP contribution in [0.25, 0.3) is 0 Å². The Morgan fingerprint density at radius 1 is 1.25 bits per heavy atom. The van der Waals surface area contributed by atoms with E-state index in [0.29, 0.717) is 19.1 Å². The summed E-state index contributed by atoms with van der Waals surface area (Å²) in [6.45, 7) is 3.50. The summed E-state index contributed by atoms with van der Waals surface area (Å²) >= 11 is 1.61. The molecule has 0 aromatic carbocycles. The molecule has 0 spiro atoms. The van der Waals surface area contributed by atoms with Crippen molar-refractivity contribution in [1.82, 2.24) is 10.6 Å². The van der Waals surface area contributed by atoms with Gasteiger partial charge in [0.2, 0.25) is 11.8 Å². The molecule has 0 rings (SSSR count). The maximum Gasteiger partial charge on any atom is 0.242 e. The summed E-state index contributed by atoms with van der Waals surface area (Å²) in [5, 5.41) is 5.15. The summed E-state index contributed by atoms with van der Waals surface area (Å²) in [7, 11) is 0. The van der Waals surface area contributed by atoms with E-state index in [0.717, 1.165) is 12.2 Å². The van der Waals surface area contributed by atoms with Crippen LogP contribution in [0.15, 0.2) is 0 Å². The molecule has 0 aliphatic heterocycles. The SMILES string of the molecule is CCCC(C=O)NC(=O)C(C)NC(=O)C(N)CCSC. The Balaban J connectivity index is 4.23. The first-order chi connectivity index (χ1) is 9.46. The first-order valence-corrected chi connectivity index (χ1v) is 8.16. The highest BCUT2D eigenvalue weighted by atomic mass is 32.2. The Bertz CT molecular complexity index is 326. The minimum atomic E-state index is -0.706. The Morgan fingerprint density at radius 2 is 1.90 bits per heavy atom. The van der Waals surface area contributed by atoms with Crippen molar-refractivity contribution in [2.45, 2.75) is 51.2 Å². The Kier molecular flexibility index (Phi) is 10.1. The van der Waals surface area contributed by atoms with E-state index in [4.69, 9.17) is 5.73 Å². The molecule has 0 aliphatic carbocycles. The Hall–Kier alpha value is -1.08. The zero-order valence-corrected chi connectivity index (χ0v) is 13.2. The second kappa shape index (κ2) is 10.7. The fourth-order valence-electron chi connectivity index (χ4n) is 1.55. The molecule has 0 aromatic heterocycles. The van der Waals surface area contributed by atoms with Gasteiger partial charge in [0.05, 0.1) is 12.1 Å². The standard InChI is InChI=1S/C13H25N3O3S/c1-4-5-10(8-17)16-12(18)9(2)15-13(19)11(14)6-7-20-3/h8-11H,4-7,14H2,1-3H3,(H,15,19)(H,16,18). The van der Waals surface area contributed by atoms with Gasteiger partial charge in [-0.05, 0) is 31.8 Å². The van der Waals surface area contributed by atoms with E-state index in [2.05, 4.69) is 10.6 Å². The number of nitrogens with one attached hydrogen (secondary N) is 2. The third kappa shape index (κ3) is 7.49. The smallest absolute Gasteiger partial charge is 0.242 e. The molecular formula is C13H25N3O3S. The first kappa shape index (κ1) is 18.9. The Labute approximate surface area is 124 Å². The van der Waals surface area contributed by atoms with Gasteiger partial charge in [0.25, 0.3) is 0 Å². The van der Waals surface area contributed by atoms with E-state index in [1.165, 1.54) is 0 Å². The van der Waals surface area contributed by atoms with E-state index >= 15 is 0 Å². The number of hydrogen-bond donors (Lipinski definition) is 3. The minimum Gasteiger partial charge on any atom is -0.345 e. The minimum absolute atomic E-state index is 0.347. The topological polar surface area (TPSA) is 101 Å². The van der Waals surface area contributed by atoms with Crippen molar-refractivity contribution in [3.63, 3.8) is 0 Å². The van der Waals surface area contributed by atoms with E-state index in [-0.39, 0.29) is 11.8 Å². The summed E-state index contributed by atoms with van der Waals surface area (Å²) < 4.78 is 0. The van der Waals surface area contributed by atoms with Gasteiger partial charge < -0.3 is 21.2 Å². The average molecular weight is 303 g/mol. The van der Waals surface area contributed by atoms with Crippen molar-refractivity contribution in [3.05, 3.63) is 0 Å². The molecule has 0 bridgehead atoms. The molecule has 3 unspecified atom stereocenters. The number of nitrogens with two attached hydrogens (primary N) is 1. The third-order valence-electron chi connectivity index (χ3n) is 2.81. The number of hydrogen-bond acceptors (Lipinski definition) is 5. The lowest BCUT2D eigenvalue weighted by molar-refractivity contribution is -0.130. The quantitative estimate of drug-likeness (QED) is 0.495. The normalized spacial score (nSPS) is 15.0. The molecule has 7 heteroatoms. The van der Waals surface area contributed by atoms with Crippen LogP contribution in [0.2, 0.25) is 0 Å². The van der Waals surface area contributed by atoms with Crippen LogP contribution < -0.4 is 16.4 Å². The van der Waals surface area contributed by atoms with Gasteiger partial charge in [0, 0.05) is 0 Å². The maximum atomic E-state index is 11.8. The predicted octanol–water partition coefficient (Wildman–Crippen LogP) is 0.0553. The number of carbonyl (C=O) groups is 3. The highest BCUT2D eigenvalue weighted by Gasteiger charge is 2.21. The van der Waals surface area contributed by atoms with Crippen molar-refractivity contribution in [3.8, 4) is 0 Å². The molecule has 0 saturated carbocycles. The summed E-state index contributed by atoms with van der Waals surface area (Å²) in [6.07, 6.45) is 4.59. The molecule has 20 heavy (non-hydrogen) atoms. The van der Waals surface area contributed by atoms with Crippen molar-refractivity contribution >= 4 is 29.9 Å². The van der Waals surface area contributed by atoms with E-state index in [9.17, 15) is 14.4 Å². The second-order valence-corrected chi connectivity index (χ2v) is 5.64. The van der Waals surface area contributed by atoms with Crippen LogP contribution >= 0.6 is 11.8 Å². The lowest BCUT2D eigenvalue weighted by Gasteiger charge is -2.19. The van der Waals surface area contributed by atoms with Crippen LogP contribution in [0.3, 0.4) is 0 Å². The fraction of sp³-hybridized carbons (Fsp3) is 0.769. The molecule has 116 valence electrons. The molecule has 6 nitrogen and oxygen atoms in total. The zero-order chi connectivity index (χ0) is 15.5. The van der Waals surface area contributed by atoms with Crippen molar-refractivity contribution < 1.29 is 14.4 Å². The van der Waals surface area contributed by atoms with Crippen LogP contribution in [-0.4, -0.2) is 48.2 Å². The van der Waals surface area contributed by atoms with Crippen LogP contribution in [-0.2, 0) is 14.4 Å². The van der Waals surface area contributed by atoms with Gasteiger partial charge in [0.15, 0.2) is 0 Å². The lowest BCUT2D eigenvalue weighted by atomic mass is 10.1. The highest BCUT2D eigenvalue weighted by Crippen LogP contribution is 1.99. The number of rotatable bonds is 10. The molecule has 0 heterocycles. The van der Waals surface area contributed by atoms with Crippen molar-refractivity contribution in [1.29, 1.82) is 0 Å². The van der Waals surface area contributed by atoms with Gasteiger partial charge in [0.1, 0.15) is 12.3 Å². The largest absolute Gasteiger partial charge is 0.345 e. The van der Waals surface area contributed by atoms with Crippen LogP contribution in [0.5, 0.6) is 0 Å². The van der Waals surface area contributed by atoms with E-state index in [1.54, 1.807) is 18.7 Å². The molecule has 3 atom stereocenters. The van der Waals surface area contributed by atoms with Crippen LogP contribution in [0, 0.1) is 0 Å². The summed E-state index contributed by atoms with van der Waals surface area (Å²) in [5.41, 5.74) is 5.71. The maximum absolute atomic E-state index is 11.8. The molecule has 4 N–H and O–H groups in total. The third-order valence-corrected chi connectivity index (χ3v) is 3.46. The monoisotopic (exact) mass is 303 g/mol.